The number of aromatic nitrogens is 1. The van der Waals surface area contributed by atoms with Crippen molar-refractivity contribution in [3.8, 4) is 0 Å². The molecule has 2 aliphatic rings. The number of nitrogens with one attached hydrogen (secondary N) is 1. The van der Waals surface area contributed by atoms with Gasteiger partial charge < -0.3 is 4.98 Å². The minimum absolute atomic E-state index is 0.129. The monoisotopic (exact) mass is 401 g/mol. The van der Waals surface area contributed by atoms with Crippen LogP contribution in [0.2, 0.25) is 0 Å². The number of rotatable bonds is 4. The summed E-state index contributed by atoms with van der Waals surface area (Å²) in [5, 5.41) is 1.39. The molecule has 2 aromatic carbocycles. The van der Waals surface area contributed by atoms with Crippen LogP contribution in [-0.2, 0) is 11.1 Å². The number of nitrogens with zero attached hydrogens (tertiary/aromatic N) is 2. The molecule has 0 radical (unpaired) electrons. The molecule has 1 saturated carbocycles. The standard InChI is InChI=1S/C27H35N3/c1-21-23-13-7-8-14-24(23)28-25(21)27(30-19-9-10-20-30)17-15-26(16-18-27,29(2)3)22-11-5-4-6-12-22/h4-8,11-14,28H,9-10,15-20H2,1-3H3. The van der Waals surface area contributed by atoms with Crippen molar-refractivity contribution in [2.24, 2.45) is 0 Å². The quantitative estimate of drug-likeness (QED) is 0.597. The van der Waals surface area contributed by atoms with E-state index < -0.39 is 0 Å². The molecule has 0 amide bonds. The summed E-state index contributed by atoms with van der Waals surface area (Å²) < 4.78 is 0. The van der Waals surface area contributed by atoms with Crippen molar-refractivity contribution in [3.05, 3.63) is 71.4 Å². The van der Waals surface area contributed by atoms with Crippen LogP contribution in [0.4, 0.5) is 0 Å². The Hall–Kier alpha value is -2.10. The lowest BCUT2D eigenvalue weighted by molar-refractivity contribution is -0.00609. The predicted octanol–water partition coefficient (Wildman–Crippen LogP) is 5.80. The van der Waals surface area contributed by atoms with Gasteiger partial charge in [-0.1, -0.05) is 48.5 Å². The number of benzene rings is 2. The fourth-order valence-corrected chi connectivity index (χ4v) is 6.44. The molecule has 2 heterocycles. The molecule has 1 aliphatic heterocycles. The van der Waals surface area contributed by atoms with E-state index in [-0.39, 0.29) is 11.1 Å². The van der Waals surface area contributed by atoms with Crippen LogP contribution in [0.15, 0.2) is 54.6 Å². The third kappa shape index (κ3) is 2.94. The molecule has 5 rings (SSSR count). The molecule has 1 N–H and O–H groups in total. The van der Waals surface area contributed by atoms with Crippen molar-refractivity contribution < 1.29 is 0 Å². The molecule has 2 fully saturated rings. The maximum Gasteiger partial charge on any atom is 0.0616 e. The molecule has 158 valence electrons. The highest BCUT2D eigenvalue weighted by molar-refractivity contribution is 5.84. The normalized spacial score (nSPS) is 27.9. The first-order chi connectivity index (χ1) is 14.6. The number of aryl methyl sites for hydroxylation is 1. The first kappa shape index (κ1) is 19.8. The number of hydrogen-bond donors (Lipinski definition) is 1. The van der Waals surface area contributed by atoms with Gasteiger partial charge in [0.2, 0.25) is 0 Å². The zero-order valence-corrected chi connectivity index (χ0v) is 18.7. The van der Waals surface area contributed by atoms with Gasteiger partial charge in [0, 0.05) is 22.1 Å². The third-order valence-corrected chi connectivity index (χ3v) is 8.21. The SMILES string of the molecule is Cc1c(C2(N3CCCC3)CCC(c3ccccc3)(N(C)C)CC2)[nH]c2ccccc12. The van der Waals surface area contributed by atoms with E-state index >= 15 is 0 Å². The van der Waals surface area contributed by atoms with Gasteiger partial charge in [0.05, 0.1) is 5.54 Å². The zero-order valence-electron chi connectivity index (χ0n) is 18.7. The predicted molar refractivity (Wildman–Crippen MR) is 126 cm³/mol. The summed E-state index contributed by atoms with van der Waals surface area (Å²) in [5.41, 5.74) is 5.95. The topological polar surface area (TPSA) is 22.3 Å². The van der Waals surface area contributed by atoms with Crippen LogP contribution in [0.25, 0.3) is 10.9 Å². The Bertz CT molecular complexity index is 1000. The Morgan fingerprint density at radius 3 is 2.10 bits per heavy atom. The smallest absolute Gasteiger partial charge is 0.0616 e. The first-order valence-electron chi connectivity index (χ1n) is 11.6. The van der Waals surface area contributed by atoms with Crippen molar-refractivity contribution in [1.29, 1.82) is 0 Å². The lowest BCUT2D eigenvalue weighted by atomic mass is 9.66. The zero-order chi connectivity index (χ0) is 20.8. The van der Waals surface area contributed by atoms with Crippen molar-refractivity contribution in [2.75, 3.05) is 27.2 Å². The van der Waals surface area contributed by atoms with E-state index in [2.05, 4.69) is 90.4 Å². The maximum atomic E-state index is 3.89. The summed E-state index contributed by atoms with van der Waals surface area (Å²) in [4.78, 5) is 9.19. The van der Waals surface area contributed by atoms with E-state index in [4.69, 9.17) is 0 Å². The van der Waals surface area contributed by atoms with Gasteiger partial charge >= 0.3 is 0 Å². The molecule has 1 aliphatic carbocycles. The van der Waals surface area contributed by atoms with Crippen molar-refractivity contribution in [1.82, 2.24) is 14.8 Å². The lowest BCUT2D eigenvalue weighted by Gasteiger charge is -2.53. The second-order valence-electron chi connectivity index (χ2n) is 9.69. The maximum absolute atomic E-state index is 3.89. The van der Waals surface area contributed by atoms with Gasteiger partial charge in [0.15, 0.2) is 0 Å². The fourth-order valence-electron chi connectivity index (χ4n) is 6.44. The van der Waals surface area contributed by atoms with Crippen LogP contribution in [-0.4, -0.2) is 42.0 Å². The molecule has 3 heteroatoms. The molecule has 1 saturated heterocycles. The summed E-state index contributed by atoms with van der Waals surface area (Å²) in [6.07, 6.45) is 7.45. The summed E-state index contributed by atoms with van der Waals surface area (Å²) in [7, 11) is 4.54. The Balaban J connectivity index is 1.58. The largest absolute Gasteiger partial charge is 0.357 e. The lowest BCUT2D eigenvalue weighted by Crippen LogP contribution is -2.54. The molecule has 30 heavy (non-hydrogen) atoms. The highest BCUT2D eigenvalue weighted by Crippen LogP contribution is 2.52. The Kier molecular flexibility index (Phi) is 4.99. The molecule has 1 aromatic heterocycles. The van der Waals surface area contributed by atoms with Crippen molar-refractivity contribution in [2.45, 2.75) is 56.5 Å². The number of hydrogen-bond acceptors (Lipinski definition) is 2. The van der Waals surface area contributed by atoms with Crippen LogP contribution in [0.1, 0.15) is 55.3 Å². The minimum Gasteiger partial charge on any atom is -0.357 e. The number of fused-ring (bicyclic) bond motifs is 1. The van der Waals surface area contributed by atoms with Gasteiger partial charge in [-0.25, -0.2) is 0 Å². The average molecular weight is 402 g/mol. The van der Waals surface area contributed by atoms with E-state index in [1.165, 1.54) is 79.3 Å². The molecule has 0 unspecified atom stereocenters. The second kappa shape index (κ2) is 7.55. The van der Waals surface area contributed by atoms with E-state index in [9.17, 15) is 0 Å². The second-order valence-corrected chi connectivity index (χ2v) is 9.69. The molecular formula is C27H35N3. The molecule has 0 atom stereocenters. The summed E-state index contributed by atoms with van der Waals surface area (Å²) in [6.45, 7) is 4.79. The first-order valence-corrected chi connectivity index (χ1v) is 11.6. The molecule has 0 bridgehead atoms. The van der Waals surface area contributed by atoms with Crippen LogP contribution in [0.5, 0.6) is 0 Å². The number of aromatic amines is 1. The fraction of sp³-hybridized carbons (Fsp3) is 0.481. The van der Waals surface area contributed by atoms with Crippen LogP contribution in [0, 0.1) is 6.92 Å². The highest BCUT2D eigenvalue weighted by Gasteiger charge is 2.50. The Labute approximate surface area is 181 Å². The van der Waals surface area contributed by atoms with Crippen molar-refractivity contribution >= 4 is 10.9 Å². The number of para-hydroxylation sites is 1. The molecule has 3 aromatic rings. The van der Waals surface area contributed by atoms with Gasteiger partial charge in [0.1, 0.15) is 0 Å². The molecular weight excluding hydrogens is 366 g/mol. The number of likely N-dealkylation sites (tertiary alicyclic amines) is 1. The van der Waals surface area contributed by atoms with Crippen LogP contribution < -0.4 is 0 Å². The van der Waals surface area contributed by atoms with Gasteiger partial charge in [0.25, 0.3) is 0 Å². The summed E-state index contributed by atoms with van der Waals surface area (Å²) in [5.74, 6) is 0. The van der Waals surface area contributed by atoms with E-state index in [1.54, 1.807) is 0 Å². The third-order valence-electron chi connectivity index (χ3n) is 8.21. The van der Waals surface area contributed by atoms with Gasteiger partial charge in [-0.05, 0) is 89.8 Å². The summed E-state index contributed by atoms with van der Waals surface area (Å²) >= 11 is 0. The van der Waals surface area contributed by atoms with Crippen LogP contribution in [0.3, 0.4) is 0 Å². The van der Waals surface area contributed by atoms with E-state index in [0.717, 1.165) is 0 Å². The van der Waals surface area contributed by atoms with Gasteiger partial charge in [-0.15, -0.1) is 0 Å². The highest BCUT2D eigenvalue weighted by atomic mass is 15.2. The van der Waals surface area contributed by atoms with Gasteiger partial charge in [-0.2, -0.15) is 0 Å². The van der Waals surface area contributed by atoms with Crippen molar-refractivity contribution in [3.63, 3.8) is 0 Å². The number of H-pyrrole nitrogens is 1. The Morgan fingerprint density at radius 2 is 1.47 bits per heavy atom. The van der Waals surface area contributed by atoms with E-state index in [1.807, 2.05) is 0 Å². The van der Waals surface area contributed by atoms with E-state index in [0.29, 0.717) is 0 Å². The minimum atomic E-state index is 0.129. The molecule has 3 nitrogen and oxygen atoms in total. The summed E-state index contributed by atoms with van der Waals surface area (Å²) in [6, 6.07) is 20.0. The Morgan fingerprint density at radius 1 is 0.833 bits per heavy atom. The van der Waals surface area contributed by atoms with Gasteiger partial charge in [-0.3, -0.25) is 9.80 Å². The average Bonchev–Trinajstić information content (AvgIpc) is 3.44. The van der Waals surface area contributed by atoms with Crippen LogP contribution >= 0.6 is 0 Å². The molecule has 0 spiro atoms.